The molecular weight excluding hydrogens is 212 g/mol. The fourth-order valence-electron chi connectivity index (χ4n) is 2.04. The molecule has 0 unspecified atom stereocenters. The van der Waals surface area contributed by atoms with E-state index in [1.54, 1.807) is 12.1 Å². The summed E-state index contributed by atoms with van der Waals surface area (Å²) in [7, 11) is 1.94. The zero-order chi connectivity index (χ0) is 11.5. The molecule has 1 aromatic carbocycles. The van der Waals surface area contributed by atoms with Gasteiger partial charge in [0.2, 0.25) is 0 Å². The molecule has 1 fully saturated rings. The van der Waals surface area contributed by atoms with E-state index in [1.807, 2.05) is 19.2 Å². The number of nitrogens with one attached hydrogen (secondary N) is 1. The Balaban J connectivity index is 1.93. The van der Waals surface area contributed by atoms with Crippen LogP contribution in [0.25, 0.3) is 0 Å². The van der Waals surface area contributed by atoms with Crippen LogP contribution in [-0.2, 0) is 0 Å². The largest absolute Gasteiger partial charge is 0.435 e. The first-order chi connectivity index (χ1) is 7.70. The van der Waals surface area contributed by atoms with Gasteiger partial charge in [-0.05, 0) is 49.5 Å². The summed E-state index contributed by atoms with van der Waals surface area (Å²) in [4.78, 5) is 0. The maximum atomic E-state index is 11.9. The van der Waals surface area contributed by atoms with Gasteiger partial charge in [0.1, 0.15) is 5.75 Å². The molecule has 0 aliphatic heterocycles. The van der Waals surface area contributed by atoms with Gasteiger partial charge in [-0.15, -0.1) is 0 Å². The van der Waals surface area contributed by atoms with E-state index in [1.165, 1.54) is 12.0 Å². The van der Waals surface area contributed by atoms with Crippen LogP contribution in [0.1, 0.15) is 17.9 Å². The van der Waals surface area contributed by atoms with Gasteiger partial charge in [-0.1, -0.05) is 12.1 Å². The van der Waals surface area contributed by atoms with Crippen LogP contribution in [-0.4, -0.2) is 20.2 Å². The number of ether oxygens (including phenoxy) is 1. The molecule has 1 aromatic rings. The molecule has 0 amide bonds. The Hall–Kier alpha value is -1.16. The maximum absolute atomic E-state index is 11.9. The minimum Gasteiger partial charge on any atom is -0.435 e. The average Bonchev–Trinajstić information content (AvgIpc) is 2.98. The van der Waals surface area contributed by atoms with Crippen molar-refractivity contribution in [1.82, 2.24) is 5.32 Å². The Kier molecular flexibility index (Phi) is 3.39. The van der Waals surface area contributed by atoms with Crippen molar-refractivity contribution in [3.05, 3.63) is 29.8 Å². The van der Waals surface area contributed by atoms with E-state index in [9.17, 15) is 8.78 Å². The highest BCUT2D eigenvalue weighted by Gasteiger charge is 2.37. The van der Waals surface area contributed by atoms with Gasteiger partial charge in [-0.3, -0.25) is 0 Å². The van der Waals surface area contributed by atoms with Crippen molar-refractivity contribution < 1.29 is 13.5 Å². The summed E-state index contributed by atoms with van der Waals surface area (Å²) in [6, 6.07) is 6.96. The molecule has 4 heteroatoms. The third-order valence-corrected chi connectivity index (χ3v) is 2.92. The van der Waals surface area contributed by atoms with Crippen LogP contribution >= 0.6 is 0 Å². The number of benzene rings is 1. The first kappa shape index (κ1) is 11.3. The van der Waals surface area contributed by atoms with Crippen LogP contribution in [0.5, 0.6) is 5.75 Å². The Morgan fingerprint density at radius 1 is 1.38 bits per heavy atom. The van der Waals surface area contributed by atoms with Crippen LogP contribution in [0.2, 0.25) is 0 Å². The van der Waals surface area contributed by atoms with E-state index in [-0.39, 0.29) is 5.75 Å². The highest BCUT2D eigenvalue weighted by atomic mass is 19.3. The predicted molar refractivity (Wildman–Crippen MR) is 57.8 cm³/mol. The highest BCUT2D eigenvalue weighted by Crippen LogP contribution is 2.47. The van der Waals surface area contributed by atoms with Crippen LogP contribution in [0, 0.1) is 5.92 Å². The molecule has 1 saturated carbocycles. The fourth-order valence-corrected chi connectivity index (χ4v) is 2.04. The van der Waals surface area contributed by atoms with Gasteiger partial charge in [0, 0.05) is 0 Å². The lowest BCUT2D eigenvalue weighted by Gasteiger charge is -2.05. The molecular formula is C12H15F2NO. The lowest BCUT2D eigenvalue weighted by atomic mass is 10.1. The second-order valence-corrected chi connectivity index (χ2v) is 4.11. The second-order valence-electron chi connectivity index (χ2n) is 4.11. The Morgan fingerprint density at radius 2 is 2.06 bits per heavy atom. The van der Waals surface area contributed by atoms with Crippen LogP contribution < -0.4 is 10.1 Å². The van der Waals surface area contributed by atoms with Gasteiger partial charge in [0.05, 0.1) is 0 Å². The van der Waals surface area contributed by atoms with Crippen LogP contribution in [0.4, 0.5) is 8.78 Å². The van der Waals surface area contributed by atoms with Crippen LogP contribution in [0.3, 0.4) is 0 Å². The fraction of sp³-hybridized carbons (Fsp3) is 0.500. The van der Waals surface area contributed by atoms with Gasteiger partial charge in [-0.25, -0.2) is 0 Å². The summed E-state index contributed by atoms with van der Waals surface area (Å²) < 4.78 is 28.1. The van der Waals surface area contributed by atoms with Gasteiger partial charge in [0.25, 0.3) is 0 Å². The minimum absolute atomic E-state index is 0.226. The van der Waals surface area contributed by atoms with Crippen molar-refractivity contribution in [2.75, 3.05) is 13.6 Å². The molecule has 16 heavy (non-hydrogen) atoms. The van der Waals surface area contributed by atoms with Gasteiger partial charge >= 0.3 is 6.61 Å². The Morgan fingerprint density at radius 3 is 2.62 bits per heavy atom. The van der Waals surface area contributed by atoms with E-state index >= 15 is 0 Å². The zero-order valence-electron chi connectivity index (χ0n) is 9.12. The molecule has 2 atom stereocenters. The van der Waals surface area contributed by atoms with Crippen molar-refractivity contribution in [2.45, 2.75) is 19.0 Å². The predicted octanol–water partition coefficient (Wildman–Crippen LogP) is 2.61. The number of rotatable bonds is 5. The Bertz CT molecular complexity index is 339. The lowest BCUT2D eigenvalue weighted by Crippen LogP contribution is -2.10. The smallest absolute Gasteiger partial charge is 0.387 e. The SMILES string of the molecule is CNC[C@@H]1C[C@@H]1c1ccc(OC(F)F)cc1. The summed E-state index contributed by atoms with van der Waals surface area (Å²) in [5.74, 6) is 1.49. The number of hydrogen-bond acceptors (Lipinski definition) is 2. The molecule has 0 bridgehead atoms. The van der Waals surface area contributed by atoms with Gasteiger partial charge in [0.15, 0.2) is 0 Å². The number of hydrogen-bond donors (Lipinski definition) is 1. The summed E-state index contributed by atoms with van der Waals surface area (Å²) in [5.41, 5.74) is 1.21. The molecule has 0 spiro atoms. The Labute approximate surface area is 93.6 Å². The second kappa shape index (κ2) is 4.78. The maximum Gasteiger partial charge on any atom is 0.387 e. The van der Waals surface area contributed by atoms with E-state index in [2.05, 4.69) is 10.1 Å². The molecule has 0 aromatic heterocycles. The average molecular weight is 227 g/mol. The van der Waals surface area contributed by atoms with Crippen molar-refractivity contribution in [1.29, 1.82) is 0 Å². The number of alkyl halides is 2. The highest BCUT2D eigenvalue weighted by molar-refractivity contribution is 5.32. The summed E-state index contributed by atoms with van der Waals surface area (Å²) in [6.45, 7) is -1.73. The molecule has 1 aliphatic rings. The monoisotopic (exact) mass is 227 g/mol. The van der Waals surface area contributed by atoms with Crippen molar-refractivity contribution in [3.8, 4) is 5.75 Å². The van der Waals surface area contributed by atoms with Crippen molar-refractivity contribution in [2.24, 2.45) is 5.92 Å². The third-order valence-electron chi connectivity index (χ3n) is 2.92. The third kappa shape index (κ3) is 2.70. The summed E-state index contributed by atoms with van der Waals surface area (Å²) >= 11 is 0. The van der Waals surface area contributed by atoms with Crippen LogP contribution in [0.15, 0.2) is 24.3 Å². The first-order valence-corrected chi connectivity index (χ1v) is 5.40. The van der Waals surface area contributed by atoms with E-state index in [0.717, 1.165) is 6.54 Å². The van der Waals surface area contributed by atoms with Crippen molar-refractivity contribution in [3.63, 3.8) is 0 Å². The minimum atomic E-state index is -2.75. The molecule has 0 saturated heterocycles. The van der Waals surface area contributed by atoms with E-state index in [0.29, 0.717) is 11.8 Å². The molecule has 1 aliphatic carbocycles. The molecule has 88 valence electrons. The van der Waals surface area contributed by atoms with Crippen molar-refractivity contribution >= 4 is 0 Å². The quantitative estimate of drug-likeness (QED) is 0.834. The summed E-state index contributed by atoms with van der Waals surface area (Å²) in [6.07, 6.45) is 1.18. The van der Waals surface area contributed by atoms with E-state index in [4.69, 9.17) is 0 Å². The first-order valence-electron chi connectivity index (χ1n) is 5.40. The van der Waals surface area contributed by atoms with E-state index < -0.39 is 6.61 Å². The molecule has 0 radical (unpaired) electrons. The molecule has 1 N–H and O–H groups in total. The zero-order valence-corrected chi connectivity index (χ0v) is 9.12. The standard InChI is InChI=1S/C12H15F2NO/c1-15-7-9-6-11(9)8-2-4-10(5-3-8)16-12(13)14/h2-5,9,11-12,15H,6-7H2,1H3/t9-,11+/m0/s1. The summed E-state index contributed by atoms with van der Waals surface area (Å²) in [5, 5.41) is 3.14. The topological polar surface area (TPSA) is 21.3 Å². The molecule has 2 rings (SSSR count). The normalized spacial score (nSPS) is 23.5. The van der Waals surface area contributed by atoms with Gasteiger partial charge < -0.3 is 10.1 Å². The number of halogens is 2. The molecule has 0 heterocycles. The lowest BCUT2D eigenvalue weighted by molar-refractivity contribution is -0.0498. The van der Waals surface area contributed by atoms with Gasteiger partial charge in [-0.2, -0.15) is 8.78 Å². The molecule has 2 nitrogen and oxygen atoms in total.